The zero-order valence-electron chi connectivity index (χ0n) is 11.0. The highest BCUT2D eigenvalue weighted by molar-refractivity contribution is 6.33. The van der Waals surface area contributed by atoms with Crippen LogP contribution >= 0.6 is 11.6 Å². The lowest BCUT2D eigenvalue weighted by Gasteiger charge is -2.28. The van der Waals surface area contributed by atoms with E-state index < -0.39 is 17.3 Å². The second-order valence-corrected chi connectivity index (χ2v) is 5.47. The van der Waals surface area contributed by atoms with Gasteiger partial charge in [0.2, 0.25) is 0 Å². The number of anilines is 1. The van der Waals surface area contributed by atoms with Crippen molar-refractivity contribution in [3.8, 4) is 0 Å². The number of aliphatic hydroxyl groups is 1. The Bertz CT molecular complexity index is 444. The van der Waals surface area contributed by atoms with Crippen molar-refractivity contribution in [3.05, 3.63) is 28.8 Å². The molecule has 1 rings (SSSR count). The number of rotatable bonds is 4. The van der Waals surface area contributed by atoms with Crippen LogP contribution in [0.15, 0.2) is 18.2 Å². The molecule has 6 heteroatoms. The molecule has 1 unspecified atom stereocenters. The van der Waals surface area contributed by atoms with Gasteiger partial charge >= 0.3 is 6.18 Å². The van der Waals surface area contributed by atoms with Gasteiger partial charge in [0.25, 0.3) is 0 Å². The molecule has 0 aliphatic heterocycles. The minimum Gasteiger partial charge on any atom is -0.388 e. The van der Waals surface area contributed by atoms with E-state index in [0.717, 1.165) is 12.1 Å². The van der Waals surface area contributed by atoms with Crippen LogP contribution < -0.4 is 5.32 Å². The number of benzene rings is 1. The van der Waals surface area contributed by atoms with Gasteiger partial charge in [-0.3, -0.25) is 0 Å². The van der Waals surface area contributed by atoms with Gasteiger partial charge in [0.1, 0.15) is 0 Å². The number of halogens is 4. The van der Waals surface area contributed by atoms with Gasteiger partial charge in [-0.05, 0) is 31.0 Å². The molecule has 0 aliphatic carbocycles. The summed E-state index contributed by atoms with van der Waals surface area (Å²) in [5.74, 6) is 0.00761. The quantitative estimate of drug-likeness (QED) is 0.873. The summed E-state index contributed by atoms with van der Waals surface area (Å²) in [7, 11) is 0. The van der Waals surface area contributed by atoms with Crippen LogP contribution in [0.3, 0.4) is 0 Å². The normalized spacial score (nSPS) is 15.4. The molecular formula is C13H17ClF3NO. The van der Waals surface area contributed by atoms with Gasteiger partial charge in [-0.15, -0.1) is 0 Å². The Labute approximate surface area is 115 Å². The van der Waals surface area contributed by atoms with Crippen LogP contribution in [0, 0.1) is 5.92 Å². The summed E-state index contributed by atoms with van der Waals surface area (Å²) in [6.45, 7) is 5.57. The maximum absolute atomic E-state index is 12.5. The molecule has 0 radical (unpaired) electrons. The van der Waals surface area contributed by atoms with E-state index in [-0.39, 0.29) is 17.5 Å². The fraction of sp³-hybridized carbons (Fsp3) is 0.538. The molecular weight excluding hydrogens is 279 g/mol. The number of hydrogen-bond acceptors (Lipinski definition) is 2. The summed E-state index contributed by atoms with van der Waals surface area (Å²) in [6.07, 6.45) is -4.41. The van der Waals surface area contributed by atoms with Crippen LogP contribution in [0.25, 0.3) is 0 Å². The molecule has 0 aromatic heterocycles. The maximum atomic E-state index is 12.5. The van der Waals surface area contributed by atoms with Gasteiger partial charge in [-0.25, -0.2) is 0 Å². The first-order chi connectivity index (χ1) is 8.54. The average molecular weight is 296 g/mol. The minimum atomic E-state index is -4.41. The molecule has 1 aromatic carbocycles. The smallest absolute Gasteiger partial charge is 0.388 e. The molecule has 2 N–H and O–H groups in total. The summed E-state index contributed by atoms with van der Waals surface area (Å²) in [6, 6.07) is 3.09. The van der Waals surface area contributed by atoms with Crippen LogP contribution in [0.5, 0.6) is 0 Å². The monoisotopic (exact) mass is 295 g/mol. The zero-order chi connectivity index (χ0) is 14.8. The molecule has 0 spiro atoms. The van der Waals surface area contributed by atoms with Gasteiger partial charge in [-0.2, -0.15) is 13.2 Å². The lowest BCUT2D eigenvalue weighted by atomic mass is 9.92. The number of hydrogen-bond donors (Lipinski definition) is 2. The molecule has 0 bridgehead atoms. The summed E-state index contributed by atoms with van der Waals surface area (Å²) >= 11 is 5.80. The third kappa shape index (κ3) is 4.28. The van der Waals surface area contributed by atoms with Gasteiger partial charge in [0.05, 0.1) is 21.9 Å². The molecule has 0 heterocycles. The first kappa shape index (κ1) is 16.1. The number of nitrogens with one attached hydrogen (secondary N) is 1. The molecule has 0 saturated heterocycles. The first-order valence-electron chi connectivity index (χ1n) is 5.87. The summed E-state index contributed by atoms with van der Waals surface area (Å²) in [4.78, 5) is 0. The van der Waals surface area contributed by atoms with E-state index in [4.69, 9.17) is 11.6 Å². The Morgan fingerprint density at radius 1 is 1.32 bits per heavy atom. The predicted molar refractivity (Wildman–Crippen MR) is 70.4 cm³/mol. The molecule has 0 fully saturated rings. The van der Waals surface area contributed by atoms with Crippen molar-refractivity contribution >= 4 is 17.3 Å². The maximum Gasteiger partial charge on any atom is 0.416 e. The van der Waals surface area contributed by atoms with Crippen LogP contribution in [-0.2, 0) is 6.18 Å². The van der Waals surface area contributed by atoms with Crippen molar-refractivity contribution < 1.29 is 18.3 Å². The van der Waals surface area contributed by atoms with Crippen molar-refractivity contribution in [2.24, 2.45) is 5.92 Å². The Kier molecular flexibility index (Phi) is 4.74. The molecule has 0 amide bonds. The van der Waals surface area contributed by atoms with Crippen LogP contribution in [0.4, 0.5) is 18.9 Å². The van der Waals surface area contributed by atoms with Crippen molar-refractivity contribution in [2.75, 3.05) is 11.9 Å². The Hall–Kier alpha value is -0.940. The topological polar surface area (TPSA) is 32.3 Å². The highest BCUT2D eigenvalue weighted by Crippen LogP contribution is 2.34. The highest BCUT2D eigenvalue weighted by Gasteiger charge is 2.31. The SMILES string of the molecule is CC(C)C(C)(O)CNc1ccc(C(F)(F)F)cc1Cl. The lowest BCUT2D eigenvalue weighted by Crippen LogP contribution is -2.38. The first-order valence-corrected chi connectivity index (χ1v) is 6.25. The molecule has 19 heavy (non-hydrogen) atoms. The van der Waals surface area contributed by atoms with Gasteiger partial charge < -0.3 is 10.4 Å². The molecule has 0 saturated carbocycles. The van der Waals surface area contributed by atoms with E-state index in [9.17, 15) is 18.3 Å². The predicted octanol–water partition coefficient (Wildman–Crippen LogP) is 4.18. The van der Waals surface area contributed by atoms with Gasteiger partial charge in [-0.1, -0.05) is 25.4 Å². The average Bonchev–Trinajstić information content (AvgIpc) is 2.25. The second-order valence-electron chi connectivity index (χ2n) is 5.06. The van der Waals surface area contributed by atoms with E-state index in [1.165, 1.54) is 6.07 Å². The lowest BCUT2D eigenvalue weighted by molar-refractivity contribution is -0.137. The van der Waals surface area contributed by atoms with Crippen LogP contribution in [0.1, 0.15) is 26.3 Å². The molecule has 2 nitrogen and oxygen atoms in total. The molecule has 1 atom stereocenters. The largest absolute Gasteiger partial charge is 0.416 e. The Morgan fingerprint density at radius 3 is 2.32 bits per heavy atom. The van der Waals surface area contributed by atoms with Crippen molar-refractivity contribution in [2.45, 2.75) is 32.5 Å². The van der Waals surface area contributed by atoms with E-state index in [1.54, 1.807) is 6.92 Å². The standard InChI is InChI=1S/C13H17ClF3NO/c1-8(2)12(3,19)7-18-11-5-4-9(6-10(11)14)13(15,16)17/h4-6,8,18-19H,7H2,1-3H3. The van der Waals surface area contributed by atoms with E-state index in [0.29, 0.717) is 5.69 Å². The highest BCUT2D eigenvalue weighted by atomic mass is 35.5. The van der Waals surface area contributed by atoms with Crippen LogP contribution in [0.2, 0.25) is 5.02 Å². The fourth-order valence-corrected chi connectivity index (χ4v) is 1.56. The third-order valence-electron chi connectivity index (χ3n) is 3.18. The fourth-order valence-electron chi connectivity index (χ4n) is 1.31. The summed E-state index contributed by atoms with van der Waals surface area (Å²) in [5, 5.41) is 12.9. The van der Waals surface area contributed by atoms with Crippen molar-refractivity contribution in [1.82, 2.24) is 0 Å². The Morgan fingerprint density at radius 2 is 1.89 bits per heavy atom. The van der Waals surface area contributed by atoms with Gasteiger partial charge in [0, 0.05) is 6.54 Å². The summed E-state index contributed by atoms with van der Waals surface area (Å²) < 4.78 is 37.4. The van der Waals surface area contributed by atoms with Gasteiger partial charge in [0.15, 0.2) is 0 Å². The third-order valence-corrected chi connectivity index (χ3v) is 3.49. The van der Waals surface area contributed by atoms with E-state index >= 15 is 0 Å². The summed E-state index contributed by atoms with van der Waals surface area (Å²) in [5.41, 5.74) is -1.39. The Balaban J connectivity index is 2.82. The zero-order valence-corrected chi connectivity index (χ0v) is 11.7. The number of alkyl halides is 3. The van der Waals surface area contributed by atoms with E-state index in [2.05, 4.69) is 5.32 Å². The molecule has 1 aromatic rings. The van der Waals surface area contributed by atoms with Crippen LogP contribution in [-0.4, -0.2) is 17.3 Å². The van der Waals surface area contributed by atoms with Crippen molar-refractivity contribution in [3.63, 3.8) is 0 Å². The minimum absolute atomic E-state index is 0.00761. The van der Waals surface area contributed by atoms with E-state index in [1.807, 2.05) is 13.8 Å². The van der Waals surface area contributed by atoms with Crippen molar-refractivity contribution in [1.29, 1.82) is 0 Å². The second kappa shape index (κ2) is 5.59. The molecule has 0 aliphatic rings. The molecule has 108 valence electrons.